The molecule has 0 spiro atoms. The number of hydrogen-bond donors (Lipinski definition) is 3. The number of nitrogens with one attached hydrogen (secondary N) is 3. The van der Waals surface area contributed by atoms with E-state index in [1.165, 1.54) is 12.5 Å². The van der Waals surface area contributed by atoms with E-state index < -0.39 is 9.84 Å². The fraction of sp³-hybridized carbons (Fsp3) is 0.208. The average molecular weight is 494 g/mol. The van der Waals surface area contributed by atoms with Crippen LogP contribution in [0.25, 0.3) is 11.0 Å². The summed E-state index contributed by atoms with van der Waals surface area (Å²) >= 11 is 0. The minimum atomic E-state index is -3.45. The molecule has 1 aliphatic carbocycles. The first-order valence-electron chi connectivity index (χ1n) is 11.0. The quantitative estimate of drug-likeness (QED) is 0.319. The Kier molecular flexibility index (Phi) is 6.10. The molecule has 0 radical (unpaired) electrons. The monoisotopic (exact) mass is 493 g/mol. The van der Waals surface area contributed by atoms with Gasteiger partial charge in [0.15, 0.2) is 9.84 Å². The summed E-state index contributed by atoms with van der Waals surface area (Å²) in [5.74, 6) is 0.661. The summed E-state index contributed by atoms with van der Waals surface area (Å²) in [5, 5.41) is 9.31. The molecule has 0 unspecified atom stereocenters. The van der Waals surface area contributed by atoms with Crippen molar-refractivity contribution in [2.45, 2.75) is 23.8 Å². The number of anilines is 2. The molecule has 180 valence electrons. The molecule has 35 heavy (non-hydrogen) atoms. The number of benzene rings is 2. The van der Waals surface area contributed by atoms with E-state index >= 15 is 0 Å². The second-order valence-corrected chi connectivity index (χ2v) is 10.1. The van der Waals surface area contributed by atoms with Crippen molar-refractivity contribution in [3.05, 3.63) is 66.6 Å². The topological polar surface area (TPSA) is 135 Å². The maximum atomic E-state index is 12.6. The third kappa shape index (κ3) is 5.26. The lowest BCUT2D eigenvalue weighted by Crippen LogP contribution is -2.25. The van der Waals surface area contributed by atoms with Gasteiger partial charge in [-0.05, 0) is 43.2 Å². The molecule has 0 bridgehead atoms. The molecular formula is C24H23N5O5S. The molecule has 0 aliphatic heterocycles. The van der Waals surface area contributed by atoms with Crippen LogP contribution in [0, 0.1) is 0 Å². The number of furan rings is 1. The summed E-state index contributed by atoms with van der Waals surface area (Å²) in [6.45, 7) is 0. The zero-order valence-corrected chi connectivity index (χ0v) is 19.6. The number of hydrogen-bond acceptors (Lipinski definition) is 9. The van der Waals surface area contributed by atoms with E-state index in [2.05, 4.69) is 25.9 Å². The molecule has 4 aromatic rings. The summed E-state index contributed by atoms with van der Waals surface area (Å²) in [4.78, 5) is 20.7. The zero-order chi connectivity index (χ0) is 24.4. The first kappa shape index (κ1) is 22.8. The van der Waals surface area contributed by atoms with E-state index in [1.807, 2.05) is 0 Å². The molecule has 0 saturated heterocycles. The Bertz CT molecular complexity index is 1500. The predicted octanol–water partition coefficient (Wildman–Crippen LogP) is 3.60. The number of aromatic nitrogens is 2. The second kappa shape index (κ2) is 9.35. The van der Waals surface area contributed by atoms with Crippen LogP contribution in [-0.4, -0.2) is 43.3 Å². The number of fused-ring (bicyclic) bond motifs is 1. The van der Waals surface area contributed by atoms with Gasteiger partial charge in [0, 0.05) is 42.5 Å². The smallest absolute Gasteiger partial charge is 0.254 e. The Morgan fingerprint density at radius 2 is 2.03 bits per heavy atom. The molecule has 1 amide bonds. The standard InChI is InChI=1S/C24H23N5O5S/c1-25-23(30)20-13-33-21-12-17(7-8-19(20)21)34-22-9-10-26-24(29-22)28-16-3-2-4-18(11-16)35(31,32)14-27-15-5-6-15/h2-4,7-13,15,27H,5-6,14H2,1H3,(H,25,30)(H,26,28,29). The van der Waals surface area contributed by atoms with Crippen LogP contribution in [0.3, 0.4) is 0 Å². The van der Waals surface area contributed by atoms with Gasteiger partial charge in [0.05, 0.1) is 10.5 Å². The number of rotatable bonds is 9. The van der Waals surface area contributed by atoms with Crippen LogP contribution in [0.1, 0.15) is 23.2 Å². The van der Waals surface area contributed by atoms with Crippen molar-refractivity contribution in [3.63, 3.8) is 0 Å². The lowest BCUT2D eigenvalue weighted by molar-refractivity contribution is 0.0964. The van der Waals surface area contributed by atoms with Gasteiger partial charge in [-0.25, -0.2) is 13.4 Å². The van der Waals surface area contributed by atoms with Crippen LogP contribution in [0.4, 0.5) is 11.6 Å². The molecule has 11 heteroatoms. The summed E-state index contributed by atoms with van der Waals surface area (Å²) in [6, 6.07) is 13.5. The normalized spacial score (nSPS) is 13.5. The molecule has 1 fully saturated rings. The van der Waals surface area contributed by atoms with Crippen LogP contribution in [0.5, 0.6) is 11.6 Å². The Morgan fingerprint density at radius 1 is 1.17 bits per heavy atom. The fourth-order valence-corrected chi connectivity index (χ4v) is 4.67. The Balaban J connectivity index is 1.30. The number of nitrogens with zero attached hydrogens (tertiary/aromatic N) is 2. The number of amides is 1. The summed E-state index contributed by atoms with van der Waals surface area (Å²) < 4.78 is 36.5. The van der Waals surface area contributed by atoms with Gasteiger partial charge in [-0.15, -0.1) is 0 Å². The molecule has 3 N–H and O–H groups in total. The lowest BCUT2D eigenvalue weighted by atomic mass is 10.1. The maximum Gasteiger partial charge on any atom is 0.254 e. The van der Waals surface area contributed by atoms with E-state index in [1.54, 1.807) is 55.6 Å². The molecule has 2 aromatic carbocycles. The van der Waals surface area contributed by atoms with E-state index in [4.69, 9.17) is 9.15 Å². The Labute approximate surface area is 201 Å². The predicted molar refractivity (Wildman–Crippen MR) is 130 cm³/mol. The van der Waals surface area contributed by atoms with Gasteiger partial charge < -0.3 is 25.1 Å². The highest BCUT2D eigenvalue weighted by Crippen LogP contribution is 2.29. The van der Waals surface area contributed by atoms with E-state index in [0.29, 0.717) is 34.0 Å². The minimum absolute atomic E-state index is 0.0917. The molecular weight excluding hydrogens is 470 g/mol. The molecule has 2 aromatic heterocycles. The highest BCUT2D eigenvalue weighted by Gasteiger charge is 2.24. The van der Waals surface area contributed by atoms with Gasteiger partial charge in [0.25, 0.3) is 5.91 Å². The molecule has 10 nitrogen and oxygen atoms in total. The number of carbonyl (C=O) groups is 1. The fourth-order valence-electron chi connectivity index (χ4n) is 3.46. The summed E-state index contributed by atoms with van der Waals surface area (Å²) in [6.07, 6.45) is 4.95. The highest BCUT2D eigenvalue weighted by molar-refractivity contribution is 7.91. The van der Waals surface area contributed by atoms with Crippen molar-refractivity contribution in [2.75, 3.05) is 18.2 Å². The SMILES string of the molecule is CNC(=O)c1coc2cc(Oc3ccnc(Nc4cccc(S(=O)(=O)CNC5CC5)c4)n3)ccc12. The molecule has 0 atom stereocenters. The van der Waals surface area contributed by atoms with Crippen molar-refractivity contribution in [1.82, 2.24) is 20.6 Å². The largest absolute Gasteiger partial charge is 0.463 e. The van der Waals surface area contributed by atoms with Crippen molar-refractivity contribution in [2.24, 2.45) is 0 Å². The van der Waals surface area contributed by atoms with Crippen LogP contribution in [0.2, 0.25) is 0 Å². The third-order valence-corrected chi connectivity index (χ3v) is 6.98. The average Bonchev–Trinajstić information content (AvgIpc) is 3.60. The van der Waals surface area contributed by atoms with Gasteiger partial charge in [-0.3, -0.25) is 4.79 Å². The second-order valence-electron chi connectivity index (χ2n) is 8.10. The minimum Gasteiger partial charge on any atom is -0.463 e. The number of sulfone groups is 1. The number of ether oxygens (including phenoxy) is 1. The van der Waals surface area contributed by atoms with E-state index in [0.717, 1.165) is 12.8 Å². The van der Waals surface area contributed by atoms with Gasteiger partial charge in [0.1, 0.15) is 23.5 Å². The molecule has 2 heterocycles. The Morgan fingerprint density at radius 3 is 2.83 bits per heavy atom. The van der Waals surface area contributed by atoms with Gasteiger partial charge >= 0.3 is 0 Å². The molecule has 5 rings (SSSR count). The lowest BCUT2D eigenvalue weighted by Gasteiger charge is -2.10. The first-order chi connectivity index (χ1) is 16.9. The molecule has 1 aliphatic rings. The Hall–Kier alpha value is -3.96. The van der Waals surface area contributed by atoms with Crippen molar-refractivity contribution >= 4 is 38.3 Å². The van der Waals surface area contributed by atoms with Crippen LogP contribution < -0.4 is 20.7 Å². The van der Waals surface area contributed by atoms with Gasteiger partial charge in [0.2, 0.25) is 11.8 Å². The maximum absolute atomic E-state index is 12.6. The summed E-state index contributed by atoms with van der Waals surface area (Å²) in [5.41, 5.74) is 1.48. The van der Waals surface area contributed by atoms with Crippen LogP contribution >= 0.6 is 0 Å². The first-order valence-corrected chi connectivity index (χ1v) is 12.6. The van der Waals surface area contributed by atoms with Crippen LogP contribution in [0.15, 0.2) is 70.3 Å². The van der Waals surface area contributed by atoms with Crippen molar-refractivity contribution < 1.29 is 22.4 Å². The van der Waals surface area contributed by atoms with Gasteiger partial charge in [-0.1, -0.05) is 6.07 Å². The van der Waals surface area contributed by atoms with Crippen molar-refractivity contribution in [3.8, 4) is 11.6 Å². The van der Waals surface area contributed by atoms with E-state index in [9.17, 15) is 13.2 Å². The molecule has 1 saturated carbocycles. The summed E-state index contributed by atoms with van der Waals surface area (Å²) in [7, 11) is -1.90. The number of carbonyl (C=O) groups excluding carboxylic acids is 1. The van der Waals surface area contributed by atoms with E-state index in [-0.39, 0.29) is 28.5 Å². The van der Waals surface area contributed by atoms with Gasteiger partial charge in [-0.2, -0.15) is 4.98 Å². The zero-order valence-electron chi connectivity index (χ0n) is 18.8. The van der Waals surface area contributed by atoms with Crippen LogP contribution in [-0.2, 0) is 9.84 Å². The third-order valence-electron chi connectivity index (χ3n) is 5.46. The van der Waals surface area contributed by atoms with Crippen molar-refractivity contribution in [1.29, 1.82) is 0 Å². The highest BCUT2D eigenvalue weighted by atomic mass is 32.2.